The summed E-state index contributed by atoms with van der Waals surface area (Å²) in [6, 6.07) is 22.3. The van der Waals surface area contributed by atoms with Gasteiger partial charge in [-0.25, -0.2) is 9.97 Å². The first-order chi connectivity index (χ1) is 21.3. The largest absolute Gasteiger partial charge is 0.369 e. The van der Waals surface area contributed by atoms with Crippen LogP contribution in [-0.2, 0) is 4.79 Å². The molecule has 0 spiro atoms. The zero-order valence-corrected chi connectivity index (χ0v) is 26.2. The maximum atomic E-state index is 13.2. The van der Waals surface area contributed by atoms with Crippen molar-refractivity contribution >= 4 is 39.9 Å². The van der Waals surface area contributed by atoms with Gasteiger partial charge >= 0.3 is 0 Å². The molecule has 10 heteroatoms. The number of para-hydroxylation sites is 2. The van der Waals surface area contributed by atoms with Gasteiger partial charge in [0.1, 0.15) is 5.82 Å². The first-order valence-electron chi connectivity index (χ1n) is 15.1. The Balaban J connectivity index is 1.40. The molecule has 4 aromatic rings. The lowest BCUT2D eigenvalue weighted by Crippen LogP contribution is -2.25. The summed E-state index contributed by atoms with van der Waals surface area (Å²) in [5, 5.41) is 13.6. The van der Waals surface area contributed by atoms with Crippen LogP contribution in [0, 0.1) is 0 Å². The summed E-state index contributed by atoms with van der Waals surface area (Å²) in [5.74, 6) is 0.960. The number of nitrogens with one attached hydrogen (secondary N) is 4. The lowest BCUT2D eigenvalue weighted by molar-refractivity contribution is -0.116. The molecular formula is C34H44N8O2. The van der Waals surface area contributed by atoms with Crippen molar-refractivity contribution in [2.75, 3.05) is 76.9 Å². The molecule has 0 aliphatic heterocycles. The summed E-state index contributed by atoms with van der Waals surface area (Å²) in [6.07, 6.45) is 2.39. The predicted molar refractivity (Wildman–Crippen MR) is 180 cm³/mol. The smallest absolute Gasteiger partial charge is 0.255 e. The van der Waals surface area contributed by atoms with E-state index < -0.39 is 0 Å². The Bertz CT molecular complexity index is 1520. The Morgan fingerprint density at radius 1 is 0.727 bits per heavy atom. The number of benzene rings is 3. The van der Waals surface area contributed by atoms with Crippen LogP contribution in [0.3, 0.4) is 0 Å². The molecule has 44 heavy (non-hydrogen) atoms. The fraction of sp³-hybridized carbons (Fsp3) is 0.353. The summed E-state index contributed by atoms with van der Waals surface area (Å²) >= 11 is 0. The molecule has 3 aromatic carbocycles. The molecule has 0 atom stereocenters. The SMILES string of the molecule is CN(C)CCCNCCC(=O)Nc1ccc(C(=O)Nc2ccccc2-c2nc(NCCCN(C)C)c3ccccc3n2)cc1. The van der Waals surface area contributed by atoms with E-state index in [1.54, 1.807) is 24.3 Å². The molecule has 0 aliphatic rings. The van der Waals surface area contributed by atoms with E-state index in [1.165, 1.54) is 0 Å². The van der Waals surface area contributed by atoms with E-state index in [2.05, 4.69) is 45.2 Å². The maximum absolute atomic E-state index is 13.2. The van der Waals surface area contributed by atoms with E-state index in [0.29, 0.717) is 35.7 Å². The highest BCUT2D eigenvalue weighted by atomic mass is 16.2. The molecule has 1 heterocycles. The maximum Gasteiger partial charge on any atom is 0.255 e. The second-order valence-electron chi connectivity index (χ2n) is 11.3. The van der Waals surface area contributed by atoms with Gasteiger partial charge in [-0.05, 0) is 109 Å². The van der Waals surface area contributed by atoms with Crippen molar-refractivity contribution in [3.8, 4) is 11.4 Å². The van der Waals surface area contributed by atoms with Gasteiger partial charge in [0.05, 0.1) is 11.2 Å². The normalized spacial score (nSPS) is 11.2. The highest BCUT2D eigenvalue weighted by Crippen LogP contribution is 2.30. The minimum absolute atomic E-state index is 0.0711. The average molecular weight is 597 g/mol. The highest BCUT2D eigenvalue weighted by molar-refractivity contribution is 6.06. The third kappa shape index (κ3) is 9.84. The second-order valence-corrected chi connectivity index (χ2v) is 11.3. The lowest BCUT2D eigenvalue weighted by atomic mass is 10.1. The molecule has 1 aromatic heterocycles. The molecule has 0 saturated carbocycles. The van der Waals surface area contributed by atoms with E-state index in [-0.39, 0.29) is 11.8 Å². The van der Waals surface area contributed by atoms with Crippen LogP contribution in [0.15, 0.2) is 72.8 Å². The van der Waals surface area contributed by atoms with Crippen molar-refractivity contribution < 1.29 is 9.59 Å². The molecule has 232 valence electrons. The van der Waals surface area contributed by atoms with Crippen LogP contribution >= 0.6 is 0 Å². The van der Waals surface area contributed by atoms with Crippen molar-refractivity contribution in [2.45, 2.75) is 19.3 Å². The lowest BCUT2D eigenvalue weighted by Gasteiger charge is -2.15. The second kappa shape index (κ2) is 16.5. The molecule has 0 aliphatic carbocycles. The molecule has 4 rings (SSSR count). The number of carbonyl (C=O) groups is 2. The van der Waals surface area contributed by atoms with Crippen molar-refractivity contribution in [1.29, 1.82) is 0 Å². The third-order valence-corrected chi connectivity index (χ3v) is 7.01. The fourth-order valence-electron chi connectivity index (χ4n) is 4.69. The Hall–Kier alpha value is -4.38. The predicted octanol–water partition coefficient (Wildman–Crippen LogP) is 4.78. The average Bonchev–Trinajstić information content (AvgIpc) is 3.01. The zero-order chi connectivity index (χ0) is 31.3. The first kappa shape index (κ1) is 32.5. The van der Waals surface area contributed by atoms with E-state index in [9.17, 15) is 9.59 Å². The van der Waals surface area contributed by atoms with Crippen molar-refractivity contribution in [1.82, 2.24) is 25.1 Å². The minimum atomic E-state index is -0.264. The number of amides is 2. The standard InChI is InChI=1S/C34H44N8O2/c1-41(2)23-9-20-35-22-19-31(43)37-26-17-15-25(16-18-26)34(44)39-30-14-8-6-12-28(30)33-38-29-13-7-5-11-27(29)32(40-33)36-21-10-24-42(3)4/h5-8,11-18,35H,9-10,19-24H2,1-4H3,(H,37,43)(H,39,44)(H,36,38,40). The number of anilines is 3. The molecule has 0 unspecified atom stereocenters. The molecule has 4 N–H and O–H groups in total. The van der Waals surface area contributed by atoms with E-state index in [1.807, 2.05) is 62.6 Å². The Kier molecular flexibility index (Phi) is 12.2. The topological polar surface area (TPSA) is 115 Å². The van der Waals surface area contributed by atoms with Gasteiger partial charge in [0.25, 0.3) is 5.91 Å². The van der Waals surface area contributed by atoms with Gasteiger partial charge in [-0.15, -0.1) is 0 Å². The van der Waals surface area contributed by atoms with Gasteiger partial charge in [0, 0.05) is 41.7 Å². The van der Waals surface area contributed by atoms with Gasteiger partial charge in [-0.2, -0.15) is 0 Å². The van der Waals surface area contributed by atoms with Crippen LogP contribution in [0.2, 0.25) is 0 Å². The molecular weight excluding hydrogens is 552 g/mol. The van der Waals surface area contributed by atoms with Crippen molar-refractivity contribution in [3.63, 3.8) is 0 Å². The fourth-order valence-corrected chi connectivity index (χ4v) is 4.69. The number of hydrogen-bond donors (Lipinski definition) is 4. The number of hydrogen-bond acceptors (Lipinski definition) is 8. The van der Waals surface area contributed by atoms with Crippen molar-refractivity contribution in [3.05, 3.63) is 78.4 Å². The van der Waals surface area contributed by atoms with E-state index >= 15 is 0 Å². The molecule has 0 radical (unpaired) electrons. The van der Waals surface area contributed by atoms with Crippen LogP contribution < -0.4 is 21.3 Å². The van der Waals surface area contributed by atoms with Gasteiger partial charge < -0.3 is 31.1 Å². The van der Waals surface area contributed by atoms with Gasteiger partial charge in [0.2, 0.25) is 5.91 Å². The van der Waals surface area contributed by atoms with Crippen LogP contribution in [0.25, 0.3) is 22.3 Å². The van der Waals surface area contributed by atoms with Gasteiger partial charge in [-0.3, -0.25) is 9.59 Å². The Labute approximate surface area is 260 Å². The van der Waals surface area contributed by atoms with Gasteiger partial charge in [-0.1, -0.05) is 24.3 Å². The zero-order valence-electron chi connectivity index (χ0n) is 26.2. The molecule has 10 nitrogen and oxygen atoms in total. The number of aromatic nitrogens is 2. The van der Waals surface area contributed by atoms with E-state index in [4.69, 9.17) is 9.97 Å². The van der Waals surface area contributed by atoms with Crippen LogP contribution in [0.1, 0.15) is 29.6 Å². The first-order valence-corrected chi connectivity index (χ1v) is 15.1. The number of rotatable bonds is 16. The Morgan fingerprint density at radius 2 is 1.41 bits per heavy atom. The number of fused-ring (bicyclic) bond motifs is 1. The molecule has 2 amide bonds. The molecule has 0 saturated heterocycles. The minimum Gasteiger partial charge on any atom is -0.369 e. The highest BCUT2D eigenvalue weighted by Gasteiger charge is 2.15. The van der Waals surface area contributed by atoms with Gasteiger partial charge in [0.15, 0.2) is 5.82 Å². The summed E-state index contributed by atoms with van der Waals surface area (Å²) < 4.78 is 0. The third-order valence-electron chi connectivity index (χ3n) is 7.01. The number of nitrogens with zero attached hydrogens (tertiary/aromatic N) is 4. The van der Waals surface area contributed by atoms with Crippen LogP contribution in [0.4, 0.5) is 17.2 Å². The summed E-state index contributed by atoms with van der Waals surface area (Å²) in [7, 11) is 8.21. The van der Waals surface area contributed by atoms with Crippen LogP contribution in [-0.4, -0.2) is 92.5 Å². The van der Waals surface area contributed by atoms with Crippen molar-refractivity contribution in [2.24, 2.45) is 0 Å². The molecule has 0 fully saturated rings. The quantitative estimate of drug-likeness (QED) is 0.137. The summed E-state index contributed by atoms with van der Waals surface area (Å²) in [6.45, 7) is 4.26. The Morgan fingerprint density at radius 3 is 2.16 bits per heavy atom. The summed E-state index contributed by atoms with van der Waals surface area (Å²) in [4.78, 5) is 39.6. The van der Waals surface area contributed by atoms with Crippen LogP contribution in [0.5, 0.6) is 0 Å². The number of carbonyl (C=O) groups excluding carboxylic acids is 2. The molecule has 0 bridgehead atoms. The monoisotopic (exact) mass is 596 g/mol. The summed E-state index contributed by atoms with van der Waals surface area (Å²) in [5.41, 5.74) is 3.29. The van der Waals surface area contributed by atoms with E-state index in [0.717, 1.165) is 61.3 Å².